The van der Waals surface area contributed by atoms with E-state index in [1.807, 2.05) is 43.5 Å². The van der Waals surface area contributed by atoms with Crippen LogP contribution in [0.15, 0.2) is 67.5 Å². The van der Waals surface area contributed by atoms with Crippen LogP contribution >= 0.6 is 11.3 Å². The fourth-order valence-corrected chi connectivity index (χ4v) is 4.56. The molecule has 0 spiro atoms. The molecular formula is C27H30N4OS. The maximum absolute atomic E-state index is 6.10. The van der Waals surface area contributed by atoms with Gasteiger partial charge in [0.15, 0.2) is 5.13 Å². The lowest BCUT2D eigenvalue weighted by atomic mass is 10.0. The van der Waals surface area contributed by atoms with Gasteiger partial charge in [-0.1, -0.05) is 42.7 Å². The van der Waals surface area contributed by atoms with E-state index in [0.29, 0.717) is 11.2 Å². The molecule has 0 amide bonds. The highest BCUT2D eigenvalue weighted by Gasteiger charge is 2.14. The van der Waals surface area contributed by atoms with Crippen LogP contribution in [0, 0.1) is 0 Å². The van der Waals surface area contributed by atoms with Crippen LogP contribution < -0.4 is 21.1 Å². The number of anilines is 1. The van der Waals surface area contributed by atoms with Crippen molar-refractivity contribution in [3.05, 3.63) is 84.2 Å². The highest BCUT2D eigenvalue weighted by atomic mass is 32.1. The number of hydrogen-bond donors (Lipinski definition) is 3. The van der Waals surface area contributed by atoms with Crippen molar-refractivity contribution in [1.82, 2.24) is 15.6 Å². The predicted octanol–water partition coefficient (Wildman–Crippen LogP) is 5.79. The molecule has 170 valence electrons. The maximum atomic E-state index is 6.10. The first kappa shape index (κ1) is 22.8. The molecule has 0 radical (unpaired) electrons. The van der Waals surface area contributed by atoms with Crippen molar-refractivity contribution in [2.24, 2.45) is 0 Å². The van der Waals surface area contributed by atoms with E-state index in [2.05, 4.69) is 53.1 Å². The van der Waals surface area contributed by atoms with Gasteiger partial charge in [0.2, 0.25) is 0 Å². The Morgan fingerprint density at radius 1 is 1.18 bits per heavy atom. The highest BCUT2D eigenvalue weighted by Crippen LogP contribution is 2.30. The number of thiazole rings is 1. The first-order valence-corrected chi connectivity index (χ1v) is 11.9. The van der Waals surface area contributed by atoms with Crippen molar-refractivity contribution in [3.8, 4) is 16.2 Å². The molecule has 0 atom stereocenters. The number of ether oxygens (including phenoxy) is 1. The van der Waals surface area contributed by atoms with Crippen LogP contribution in [-0.4, -0.2) is 24.2 Å². The molecule has 1 aliphatic rings. The Balaban J connectivity index is 1.45. The Morgan fingerprint density at radius 2 is 1.94 bits per heavy atom. The fraction of sp³-hybridized carbons (Fsp3) is 0.222. The lowest BCUT2D eigenvalue weighted by Crippen LogP contribution is -2.34. The Morgan fingerprint density at radius 3 is 2.61 bits per heavy atom. The molecule has 1 saturated heterocycles. The monoisotopic (exact) mass is 458 g/mol. The third kappa shape index (κ3) is 5.92. The van der Waals surface area contributed by atoms with E-state index < -0.39 is 0 Å². The summed E-state index contributed by atoms with van der Waals surface area (Å²) < 4.78 is 6.10. The van der Waals surface area contributed by atoms with Gasteiger partial charge in [0, 0.05) is 17.6 Å². The van der Waals surface area contributed by atoms with Gasteiger partial charge < -0.3 is 21.1 Å². The van der Waals surface area contributed by atoms with E-state index in [9.17, 15) is 0 Å². The van der Waals surface area contributed by atoms with Crippen LogP contribution in [0.1, 0.15) is 36.5 Å². The van der Waals surface area contributed by atoms with Crippen molar-refractivity contribution in [2.75, 3.05) is 18.8 Å². The first-order valence-electron chi connectivity index (χ1n) is 11.1. The second-order valence-corrected chi connectivity index (χ2v) is 9.20. The molecule has 1 aromatic heterocycles. The minimum atomic E-state index is 0.292. The smallest absolute Gasteiger partial charge is 0.180 e. The zero-order valence-corrected chi connectivity index (χ0v) is 19.8. The number of aromatic nitrogens is 1. The second-order valence-electron chi connectivity index (χ2n) is 8.13. The average Bonchev–Trinajstić information content (AvgIpc) is 3.26. The molecule has 5 nitrogen and oxygen atoms in total. The van der Waals surface area contributed by atoms with Crippen molar-refractivity contribution < 1.29 is 4.74 Å². The Hall–Kier alpha value is -3.35. The van der Waals surface area contributed by atoms with Crippen LogP contribution in [0.25, 0.3) is 28.3 Å². The molecule has 2 heterocycles. The van der Waals surface area contributed by atoms with Crippen LogP contribution in [0.4, 0.5) is 5.13 Å². The lowest BCUT2D eigenvalue weighted by molar-refractivity contribution is 0.162. The molecule has 0 aliphatic carbocycles. The summed E-state index contributed by atoms with van der Waals surface area (Å²) in [5.41, 5.74) is 11.9. The Bertz CT molecular complexity index is 1160. The topological polar surface area (TPSA) is 72.2 Å². The number of nitrogens with two attached hydrogens (primary N) is 1. The molecule has 2 aromatic carbocycles. The molecule has 0 unspecified atom stereocenters. The van der Waals surface area contributed by atoms with Crippen molar-refractivity contribution in [2.45, 2.75) is 25.9 Å². The molecule has 6 heteroatoms. The van der Waals surface area contributed by atoms with Crippen molar-refractivity contribution in [3.63, 3.8) is 0 Å². The fourth-order valence-electron chi connectivity index (χ4n) is 3.88. The first-order chi connectivity index (χ1) is 16.0. The van der Waals surface area contributed by atoms with Crippen LogP contribution in [-0.2, 0) is 0 Å². The summed E-state index contributed by atoms with van der Waals surface area (Å²) in [5, 5.41) is 7.34. The minimum Gasteiger partial charge on any atom is -0.490 e. The zero-order chi connectivity index (χ0) is 23.2. The van der Waals surface area contributed by atoms with Gasteiger partial charge >= 0.3 is 0 Å². The summed E-state index contributed by atoms with van der Waals surface area (Å²) in [6.45, 7) is 12.2. The maximum Gasteiger partial charge on any atom is 0.180 e. The van der Waals surface area contributed by atoms with Gasteiger partial charge in [0.1, 0.15) is 11.9 Å². The number of benzene rings is 2. The predicted molar refractivity (Wildman–Crippen MR) is 141 cm³/mol. The van der Waals surface area contributed by atoms with E-state index in [4.69, 9.17) is 10.5 Å². The number of rotatable bonds is 8. The standard InChI is InChI=1S/C27H30N4OS/c1-4-20-5-6-22(26-17-30-27(28)33-26)16-23(20)15-18(2)31-19(3)21-7-9-24(10-8-21)32-25-11-13-29-14-12-25/h4-10,15-17,25,29,31H,1,3,11-14H2,2H3,(H2,28,30)/b18-15+. The molecule has 3 aromatic rings. The molecule has 33 heavy (non-hydrogen) atoms. The van der Waals surface area contributed by atoms with Gasteiger partial charge in [-0.3, -0.25) is 0 Å². The van der Waals surface area contributed by atoms with Crippen molar-refractivity contribution >= 4 is 34.3 Å². The largest absolute Gasteiger partial charge is 0.490 e. The SMILES string of the molecule is C=Cc1ccc(-c2cnc(N)s2)cc1/C=C(\C)NC(=C)c1ccc(OC2CCNCC2)cc1. The van der Waals surface area contributed by atoms with Gasteiger partial charge in [-0.15, -0.1) is 0 Å². The number of piperidine rings is 1. The number of nitrogens with one attached hydrogen (secondary N) is 2. The van der Waals surface area contributed by atoms with Crippen LogP contribution in [0.3, 0.4) is 0 Å². The van der Waals surface area contributed by atoms with Crippen molar-refractivity contribution in [1.29, 1.82) is 0 Å². The van der Waals surface area contributed by atoms with Gasteiger partial charge in [-0.25, -0.2) is 4.98 Å². The van der Waals surface area contributed by atoms with Crippen LogP contribution in [0.5, 0.6) is 5.75 Å². The molecule has 4 rings (SSSR count). The Labute approximate surface area is 199 Å². The molecule has 1 fully saturated rings. The molecule has 0 bridgehead atoms. The summed E-state index contributed by atoms with van der Waals surface area (Å²) in [6.07, 6.45) is 8.15. The number of nitrogens with zero attached hydrogens (tertiary/aromatic N) is 1. The van der Waals surface area contributed by atoms with E-state index in [1.165, 1.54) is 11.3 Å². The van der Waals surface area contributed by atoms with E-state index in [1.54, 1.807) is 0 Å². The quantitative estimate of drug-likeness (QED) is 0.399. The molecular weight excluding hydrogens is 428 g/mol. The highest BCUT2D eigenvalue weighted by molar-refractivity contribution is 7.18. The van der Waals surface area contributed by atoms with Gasteiger partial charge in [-0.2, -0.15) is 0 Å². The summed E-state index contributed by atoms with van der Waals surface area (Å²) in [6, 6.07) is 14.4. The van der Waals surface area contributed by atoms with E-state index in [0.717, 1.165) is 70.2 Å². The van der Waals surface area contributed by atoms with E-state index in [-0.39, 0.29) is 0 Å². The van der Waals surface area contributed by atoms with E-state index >= 15 is 0 Å². The second kappa shape index (κ2) is 10.5. The van der Waals surface area contributed by atoms with Gasteiger partial charge in [0.25, 0.3) is 0 Å². The lowest BCUT2D eigenvalue weighted by Gasteiger charge is -2.24. The zero-order valence-electron chi connectivity index (χ0n) is 18.9. The molecule has 0 saturated carbocycles. The van der Waals surface area contributed by atoms with Gasteiger partial charge in [0.05, 0.1) is 4.88 Å². The Kier molecular flexibility index (Phi) is 7.27. The summed E-state index contributed by atoms with van der Waals surface area (Å²) in [5.74, 6) is 0.904. The summed E-state index contributed by atoms with van der Waals surface area (Å²) in [4.78, 5) is 5.20. The summed E-state index contributed by atoms with van der Waals surface area (Å²) in [7, 11) is 0. The normalized spacial score (nSPS) is 14.6. The molecule has 1 aliphatic heterocycles. The number of hydrogen-bond acceptors (Lipinski definition) is 6. The number of nitrogen functional groups attached to an aromatic ring is 1. The minimum absolute atomic E-state index is 0.292. The number of allylic oxidation sites excluding steroid dienone is 1. The summed E-state index contributed by atoms with van der Waals surface area (Å²) >= 11 is 1.48. The van der Waals surface area contributed by atoms with Crippen LogP contribution in [0.2, 0.25) is 0 Å². The average molecular weight is 459 g/mol. The third-order valence-electron chi connectivity index (χ3n) is 5.63. The third-order valence-corrected chi connectivity index (χ3v) is 6.50. The molecule has 4 N–H and O–H groups in total. The van der Waals surface area contributed by atoms with Gasteiger partial charge in [-0.05, 0) is 91.5 Å².